The van der Waals surface area contributed by atoms with Crippen molar-refractivity contribution < 1.29 is 0 Å². The predicted octanol–water partition coefficient (Wildman–Crippen LogP) is 12.8. The van der Waals surface area contributed by atoms with Gasteiger partial charge in [0.15, 0.2) is 0 Å². The van der Waals surface area contributed by atoms with Gasteiger partial charge in [-0.15, -0.1) is 11.3 Å². The molecule has 9 aromatic rings. The van der Waals surface area contributed by atoms with Crippen molar-refractivity contribution >= 4 is 65.0 Å². The van der Waals surface area contributed by atoms with E-state index in [9.17, 15) is 0 Å². The van der Waals surface area contributed by atoms with Crippen LogP contribution in [0.15, 0.2) is 175 Å². The van der Waals surface area contributed by atoms with E-state index in [4.69, 9.17) is 9.97 Å². The molecule has 11 rings (SSSR count). The Balaban J connectivity index is 0.984. The van der Waals surface area contributed by atoms with Gasteiger partial charge in [-0.05, 0) is 52.1 Å². The SMILES string of the molecule is C1=Cc2ccc(-c3ccccc3)nc2C2NC(c3ccc(-c4cccc5c4sc4ccc6c(-c7ccccc7)nc7ccccc7c6c45)cc3)=CC=C12. The fourth-order valence-corrected chi connectivity index (χ4v) is 9.38. The van der Waals surface area contributed by atoms with Crippen LogP contribution in [0.4, 0.5) is 0 Å². The summed E-state index contributed by atoms with van der Waals surface area (Å²) in [5.74, 6) is 0. The van der Waals surface area contributed by atoms with E-state index in [1.807, 2.05) is 17.4 Å². The number of dihydropyridines is 1. The van der Waals surface area contributed by atoms with Crippen LogP contribution in [0.2, 0.25) is 0 Å². The van der Waals surface area contributed by atoms with Crippen molar-refractivity contribution in [3.63, 3.8) is 0 Å². The minimum atomic E-state index is -0.00542. The van der Waals surface area contributed by atoms with E-state index >= 15 is 0 Å². The molecule has 4 heterocycles. The molecule has 6 aromatic carbocycles. The Bertz CT molecular complexity index is 3010. The van der Waals surface area contributed by atoms with E-state index in [0.717, 1.165) is 50.5 Å². The molecule has 3 nitrogen and oxygen atoms in total. The van der Waals surface area contributed by atoms with Crippen molar-refractivity contribution in [3.05, 3.63) is 192 Å². The molecule has 0 saturated carbocycles. The summed E-state index contributed by atoms with van der Waals surface area (Å²) in [5.41, 5.74) is 13.4. The maximum atomic E-state index is 5.19. The molecule has 53 heavy (non-hydrogen) atoms. The van der Waals surface area contributed by atoms with E-state index in [0.29, 0.717) is 0 Å². The second kappa shape index (κ2) is 12.0. The summed E-state index contributed by atoms with van der Waals surface area (Å²) in [6.07, 6.45) is 8.80. The van der Waals surface area contributed by atoms with Gasteiger partial charge in [-0.25, -0.2) is 9.97 Å². The fraction of sp³-hybridized carbons (Fsp3) is 0.0204. The highest BCUT2D eigenvalue weighted by Crippen LogP contribution is 2.46. The summed E-state index contributed by atoms with van der Waals surface area (Å²) in [7, 11) is 0. The summed E-state index contributed by atoms with van der Waals surface area (Å²) in [6, 6.07) is 54.2. The molecule has 0 spiro atoms. The van der Waals surface area contributed by atoms with Crippen LogP contribution in [-0.4, -0.2) is 9.97 Å². The van der Waals surface area contributed by atoms with Gasteiger partial charge in [0.25, 0.3) is 0 Å². The molecular weight excluding hydrogens is 663 g/mol. The van der Waals surface area contributed by atoms with Crippen LogP contribution in [0.1, 0.15) is 22.9 Å². The van der Waals surface area contributed by atoms with Gasteiger partial charge in [0.1, 0.15) is 0 Å². The molecule has 248 valence electrons. The second-order valence-electron chi connectivity index (χ2n) is 13.8. The third kappa shape index (κ3) is 4.87. The Hall–Kier alpha value is -6.62. The minimum absolute atomic E-state index is 0.00542. The molecule has 1 unspecified atom stereocenters. The molecular formula is C49H31N3S. The lowest BCUT2D eigenvalue weighted by Gasteiger charge is -2.30. The van der Waals surface area contributed by atoms with Crippen molar-refractivity contribution in [2.24, 2.45) is 0 Å². The standard InChI is InChI=1S/C49H31N3S/c1-3-10-31(11-4-1)40-27-24-34-22-23-35-25-28-41(51-48(35)47(34)50-40)32-20-18-30(19-21-32)36-15-9-16-39-45-43(53-49(36)39)29-26-38-44(45)37-14-7-8-17-42(37)52-46(38)33-12-5-2-6-13-33/h1-29,48,51H. The van der Waals surface area contributed by atoms with Gasteiger partial charge in [-0.3, -0.25) is 0 Å². The molecule has 2 aliphatic rings. The maximum Gasteiger partial charge on any atom is 0.0946 e. The number of fused-ring (bicyclic) bond motifs is 10. The van der Waals surface area contributed by atoms with Gasteiger partial charge >= 0.3 is 0 Å². The molecule has 0 amide bonds. The highest BCUT2D eigenvalue weighted by atomic mass is 32.1. The van der Waals surface area contributed by atoms with E-state index in [1.165, 1.54) is 53.0 Å². The Morgan fingerprint density at radius 3 is 2.11 bits per heavy atom. The van der Waals surface area contributed by atoms with Crippen LogP contribution in [-0.2, 0) is 0 Å². The Kier molecular flexibility index (Phi) is 6.79. The van der Waals surface area contributed by atoms with Gasteiger partial charge < -0.3 is 5.32 Å². The number of rotatable bonds is 4. The largest absolute Gasteiger partial charge is 0.372 e. The van der Waals surface area contributed by atoms with Crippen LogP contribution in [0.25, 0.3) is 87.3 Å². The molecule has 0 saturated heterocycles. The number of hydrogen-bond donors (Lipinski definition) is 1. The van der Waals surface area contributed by atoms with Gasteiger partial charge in [0.05, 0.1) is 28.6 Å². The van der Waals surface area contributed by atoms with Gasteiger partial charge in [-0.2, -0.15) is 0 Å². The van der Waals surface area contributed by atoms with E-state index in [2.05, 4.69) is 175 Å². The number of aromatic nitrogens is 2. The Morgan fingerprint density at radius 2 is 1.26 bits per heavy atom. The number of para-hydroxylation sites is 1. The molecule has 1 atom stereocenters. The van der Waals surface area contributed by atoms with Crippen molar-refractivity contribution in [1.82, 2.24) is 15.3 Å². The minimum Gasteiger partial charge on any atom is -0.372 e. The van der Waals surface area contributed by atoms with Crippen LogP contribution in [0.5, 0.6) is 0 Å². The molecule has 1 N–H and O–H groups in total. The third-order valence-corrected chi connectivity index (χ3v) is 11.9. The number of nitrogens with zero attached hydrogens (tertiary/aromatic N) is 2. The van der Waals surface area contributed by atoms with Crippen molar-refractivity contribution in [2.75, 3.05) is 0 Å². The normalized spacial score (nSPS) is 14.9. The maximum absolute atomic E-state index is 5.19. The molecule has 0 fully saturated rings. The first-order valence-corrected chi connectivity index (χ1v) is 18.8. The van der Waals surface area contributed by atoms with Crippen molar-refractivity contribution in [1.29, 1.82) is 0 Å². The Morgan fingerprint density at radius 1 is 0.509 bits per heavy atom. The molecule has 3 aromatic heterocycles. The van der Waals surface area contributed by atoms with E-state index < -0.39 is 0 Å². The zero-order valence-electron chi connectivity index (χ0n) is 28.6. The lowest BCUT2D eigenvalue weighted by Crippen LogP contribution is -2.27. The lowest BCUT2D eigenvalue weighted by atomic mass is 9.89. The number of nitrogens with one attached hydrogen (secondary N) is 1. The summed E-state index contributed by atoms with van der Waals surface area (Å²) >= 11 is 1.88. The summed E-state index contributed by atoms with van der Waals surface area (Å²) < 4.78 is 2.59. The van der Waals surface area contributed by atoms with Gasteiger partial charge in [-0.1, -0.05) is 152 Å². The quantitative estimate of drug-likeness (QED) is 0.187. The average molecular weight is 694 g/mol. The summed E-state index contributed by atoms with van der Waals surface area (Å²) in [4.78, 5) is 10.4. The van der Waals surface area contributed by atoms with Crippen LogP contribution in [0, 0.1) is 0 Å². The molecule has 0 bridgehead atoms. The fourth-order valence-electron chi connectivity index (χ4n) is 8.14. The van der Waals surface area contributed by atoms with Crippen molar-refractivity contribution in [2.45, 2.75) is 6.04 Å². The third-order valence-electron chi connectivity index (χ3n) is 10.7. The number of thiophene rings is 1. The first-order chi connectivity index (χ1) is 26.3. The highest BCUT2D eigenvalue weighted by Gasteiger charge is 2.26. The number of allylic oxidation sites excluding steroid dienone is 2. The molecule has 0 radical (unpaired) electrons. The zero-order chi connectivity index (χ0) is 34.9. The number of hydrogen-bond acceptors (Lipinski definition) is 4. The lowest BCUT2D eigenvalue weighted by molar-refractivity contribution is 0.705. The predicted molar refractivity (Wildman–Crippen MR) is 224 cm³/mol. The van der Waals surface area contributed by atoms with Crippen LogP contribution < -0.4 is 5.32 Å². The highest BCUT2D eigenvalue weighted by molar-refractivity contribution is 7.26. The van der Waals surface area contributed by atoms with Gasteiger partial charge in [0, 0.05) is 53.2 Å². The molecule has 4 heteroatoms. The summed E-state index contributed by atoms with van der Waals surface area (Å²) in [5, 5.41) is 10.1. The van der Waals surface area contributed by atoms with Gasteiger partial charge in [0.2, 0.25) is 0 Å². The first-order valence-electron chi connectivity index (χ1n) is 18.0. The number of pyridine rings is 2. The average Bonchev–Trinajstić information content (AvgIpc) is 3.63. The van der Waals surface area contributed by atoms with E-state index in [-0.39, 0.29) is 6.04 Å². The topological polar surface area (TPSA) is 37.8 Å². The zero-order valence-corrected chi connectivity index (χ0v) is 29.4. The second-order valence-corrected chi connectivity index (χ2v) is 14.8. The Labute approximate surface area is 310 Å². The smallest absolute Gasteiger partial charge is 0.0946 e. The summed E-state index contributed by atoms with van der Waals surface area (Å²) in [6.45, 7) is 0. The monoisotopic (exact) mass is 693 g/mol. The number of benzene rings is 6. The van der Waals surface area contributed by atoms with Crippen LogP contribution >= 0.6 is 11.3 Å². The van der Waals surface area contributed by atoms with Crippen LogP contribution in [0.3, 0.4) is 0 Å². The van der Waals surface area contributed by atoms with Crippen molar-refractivity contribution in [3.8, 4) is 33.6 Å². The first kappa shape index (κ1) is 30.0. The van der Waals surface area contributed by atoms with E-state index in [1.54, 1.807) is 0 Å². The molecule has 1 aliphatic heterocycles. The molecule has 1 aliphatic carbocycles.